The number of aryl methyl sites for hydroxylation is 1. The molecule has 2 heteroatoms. The summed E-state index contributed by atoms with van der Waals surface area (Å²) in [6, 6.07) is 3.14. The highest BCUT2D eigenvalue weighted by molar-refractivity contribution is 5.07. The summed E-state index contributed by atoms with van der Waals surface area (Å²) < 4.78 is 12.1. The maximum absolute atomic E-state index is 12.1. The van der Waals surface area contributed by atoms with Crippen LogP contribution in [0, 0.1) is 12.9 Å². The number of rotatable bonds is 0. The first-order valence-electron chi connectivity index (χ1n) is 2.37. The van der Waals surface area contributed by atoms with Gasteiger partial charge in [-0.15, -0.1) is 0 Å². The fourth-order valence-corrected chi connectivity index (χ4v) is 0.499. The van der Waals surface area contributed by atoms with Crippen LogP contribution in [0.25, 0.3) is 0 Å². The number of hydrogen-bond donors (Lipinski definition) is 0. The molecule has 0 amide bonds. The van der Waals surface area contributed by atoms with Gasteiger partial charge in [0, 0.05) is 6.20 Å². The van der Waals surface area contributed by atoms with Crippen molar-refractivity contribution in [3.05, 3.63) is 29.8 Å². The highest BCUT2D eigenvalue weighted by atomic mass is 18.2. The molecule has 0 N–H and O–H groups in total. The van der Waals surface area contributed by atoms with E-state index in [4.69, 9.17) is 0 Å². The number of aromatic nitrogens is 1. The second-order valence-electron chi connectivity index (χ2n) is 1.66. The van der Waals surface area contributed by atoms with Gasteiger partial charge >= 0.3 is 0 Å². The minimum absolute atomic E-state index is 0.412. The molecule has 0 spiro atoms. The lowest BCUT2D eigenvalue weighted by molar-refractivity contribution is 0.582. The quantitative estimate of drug-likeness (QED) is 0.461. The standard InChI is InChI=1S/C6H6FN/c1-5-2-3-8-6(7)4-5/h2-4H,1H3/i7-1. The Morgan fingerprint density at radius 1 is 1.62 bits per heavy atom. The van der Waals surface area contributed by atoms with Crippen molar-refractivity contribution in [2.45, 2.75) is 6.92 Å². The number of pyridine rings is 1. The Labute approximate surface area is 47.2 Å². The molecule has 42 valence electrons. The van der Waals surface area contributed by atoms with Crippen molar-refractivity contribution in [1.82, 2.24) is 4.98 Å². The predicted octanol–water partition coefficient (Wildman–Crippen LogP) is 1.53. The Kier molecular flexibility index (Phi) is 1.24. The van der Waals surface area contributed by atoms with E-state index in [2.05, 4.69) is 4.98 Å². The number of halogens is 1. The normalized spacial score (nSPS) is 9.25. The maximum Gasteiger partial charge on any atom is 0.213 e. The molecule has 0 saturated carbocycles. The molecule has 0 fully saturated rings. The summed E-state index contributed by atoms with van der Waals surface area (Å²) in [6.07, 6.45) is 1.45. The molecule has 0 aliphatic heterocycles. The van der Waals surface area contributed by atoms with Crippen molar-refractivity contribution in [3.8, 4) is 0 Å². The molecule has 0 aliphatic rings. The lowest BCUT2D eigenvalue weighted by Gasteiger charge is -1.86. The van der Waals surface area contributed by atoms with Gasteiger partial charge in [-0.1, -0.05) is 0 Å². The van der Waals surface area contributed by atoms with Crippen molar-refractivity contribution < 1.29 is 4.39 Å². The number of nitrogens with zero attached hydrogens (tertiary/aromatic N) is 1. The first-order chi connectivity index (χ1) is 3.79. The molecule has 8 heavy (non-hydrogen) atoms. The van der Waals surface area contributed by atoms with Gasteiger partial charge in [0.2, 0.25) is 5.95 Å². The molecule has 0 atom stereocenters. The fourth-order valence-electron chi connectivity index (χ4n) is 0.499. The van der Waals surface area contributed by atoms with E-state index in [1.807, 2.05) is 6.92 Å². The minimum Gasteiger partial charge on any atom is -0.228 e. The predicted molar refractivity (Wildman–Crippen MR) is 28.9 cm³/mol. The Morgan fingerprint density at radius 2 is 2.38 bits per heavy atom. The van der Waals surface area contributed by atoms with Crippen LogP contribution in [0.4, 0.5) is 4.39 Å². The van der Waals surface area contributed by atoms with Gasteiger partial charge in [0.15, 0.2) is 0 Å². The highest BCUT2D eigenvalue weighted by Gasteiger charge is 1.86. The van der Waals surface area contributed by atoms with Gasteiger partial charge in [0.1, 0.15) is 0 Å². The van der Waals surface area contributed by atoms with Crippen LogP contribution in [0.3, 0.4) is 0 Å². The third-order valence-electron chi connectivity index (χ3n) is 0.882. The van der Waals surface area contributed by atoms with Gasteiger partial charge in [0.05, 0.1) is 0 Å². The van der Waals surface area contributed by atoms with Crippen molar-refractivity contribution in [1.29, 1.82) is 0 Å². The van der Waals surface area contributed by atoms with Crippen LogP contribution in [0.15, 0.2) is 18.3 Å². The molecule has 1 aromatic rings. The molecular weight excluding hydrogens is 104 g/mol. The molecule has 1 aromatic heterocycles. The molecule has 1 nitrogen and oxygen atoms in total. The molecular formula is C6H6FN. The van der Waals surface area contributed by atoms with E-state index in [1.165, 1.54) is 12.3 Å². The summed E-state index contributed by atoms with van der Waals surface area (Å²) in [7, 11) is 0. The summed E-state index contributed by atoms with van der Waals surface area (Å²) in [5.41, 5.74) is 0.900. The average molecular weight is 110 g/mol. The van der Waals surface area contributed by atoms with Gasteiger partial charge in [-0.3, -0.25) is 0 Å². The van der Waals surface area contributed by atoms with Gasteiger partial charge in [-0.2, -0.15) is 4.39 Å². The van der Waals surface area contributed by atoms with Crippen LogP contribution in [0.2, 0.25) is 0 Å². The average Bonchev–Trinajstić information content (AvgIpc) is 1.64. The van der Waals surface area contributed by atoms with Gasteiger partial charge < -0.3 is 0 Å². The summed E-state index contributed by atoms with van der Waals surface area (Å²) in [5.74, 6) is -0.412. The van der Waals surface area contributed by atoms with E-state index < -0.39 is 5.95 Å². The Hall–Kier alpha value is -0.920. The molecule has 0 aliphatic carbocycles. The molecule has 1 rings (SSSR count). The Balaban J connectivity index is 3.08. The zero-order valence-corrected chi connectivity index (χ0v) is 4.56. The van der Waals surface area contributed by atoms with Crippen LogP contribution in [-0.2, 0) is 0 Å². The summed E-state index contributed by atoms with van der Waals surface area (Å²) in [6.45, 7) is 1.82. The lowest BCUT2D eigenvalue weighted by Crippen LogP contribution is -1.79. The maximum atomic E-state index is 12.1. The molecule has 0 bridgehead atoms. The summed E-state index contributed by atoms with van der Waals surface area (Å²) >= 11 is 0. The van der Waals surface area contributed by atoms with Crippen molar-refractivity contribution in [3.63, 3.8) is 0 Å². The van der Waals surface area contributed by atoms with E-state index >= 15 is 0 Å². The molecule has 0 unspecified atom stereocenters. The smallest absolute Gasteiger partial charge is 0.213 e. The highest BCUT2D eigenvalue weighted by Crippen LogP contribution is 1.95. The van der Waals surface area contributed by atoms with Crippen LogP contribution in [0.5, 0.6) is 0 Å². The summed E-state index contributed by atoms with van der Waals surface area (Å²) in [4.78, 5) is 3.37. The van der Waals surface area contributed by atoms with E-state index in [0.29, 0.717) is 0 Å². The monoisotopic (exact) mass is 110 g/mol. The van der Waals surface area contributed by atoms with Crippen LogP contribution in [0.1, 0.15) is 5.56 Å². The number of hydrogen-bond acceptors (Lipinski definition) is 1. The van der Waals surface area contributed by atoms with Gasteiger partial charge in [-0.25, -0.2) is 4.98 Å². The third kappa shape index (κ3) is 1.03. The van der Waals surface area contributed by atoms with E-state index in [9.17, 15) is 4.39 Å². The Morgan fingerprint density at radius 3 is 2.75 bits per heavy atom. The molecule has 1 heterocycles. The van der Waals surface area contributed by atoms with Crippen LogP contribution >= 0.6 is 0 Å². The lowest BCUT2D eigenvalue weighted by atomic mass is 10.3. The fraction of sp³-hybridized carbons (Fsp3) is 0.167. The van der Waals surface area contributed by atoms with Crippen LogP contribution < -0.4 is 0 Å². The van der Waals surface area contributed by atoms with E-state index in [1.54, 1.807) is 6.07 Å². The molecule has 0 aromatic carbocycles. The van der Waals surface area contributed by atoms with Crippen molar-refractivity contribution in [2.75, 3.05) is 0 Å². The molecule has 0 saturated heterocycles. The Bertz CT molecular complexity index is 168. The minimum atomic E-state index is -0.412. The van der Waals surface area contributed by atoms with Crippen molar-refractivity contribution >= 4 is 0 Å². The SMILES string of the molecule is Cc1ccnc([18F])c1. The van der Waals surface area contributed by atoms with E-state index in [-0.39, 0.29) is 0 Å². The second kappa shape index (κ2) is 1.90. The zero-order valence-electron chi connectivity index (χ0n) is 4.56. The second-order valence-corrected chi connectivity index (χ2v) is 1.66. The first-order valence-corrected chi connectivity index (χ1v) is 2.37. The van der Waals surface area contributed by atoms with Gasteiger partial charge in [-0.05, 0) is 24.6 Å². The molecule has 0 radical (unpaired) electrons. The van der Waals surface area contributed by atoms with E-state index in [0.717, 1.165) is 5.56 Å². The topological polar surface area (TPSA) is 12.9 Å². The first kappa shape index (κ1) is 5.22. The van der Waals surface area contributed by atoms with Crippen molar-refractivity contribution in [2.24, 2.45) is 0 Å². The largest absolute Gasteiger partial charge is 0.228 e. The van der Waals surface area contributed by atoms with Gasteiger partial charge in [0.25, 0.3) is 0 Å². The zero-order chi connectivity index (χ0) is 5.98. The van der Waals surface area contributed by atoms with Crippen LogP contribution in [-0.4, -0.2) is 4.98 Å². The summed E-state index contributed by atoms with van der Waals surface area (Å²) in [5, 5.41) is 0. The third-order valence-corrected chi connectivity index (χ3v) is 0.882.